The van der Waals surface area contributed by atoms with E-state index in [-0.39, 0.29) is 10.8 Å². The van der Waals surface area contributed by atoms with Gasteiger partial charge in [0.25, 0.3) is 0 Å². The van der Waals surface area contributed by atoms with Gasteiger partial charge in [-0.05, 0) is 31.2 Å². The molecular formula is C9H11ClFN. The van der Waals surface area contributed by atoms with Crippen LogP contribution in [0.3, 0.4) is 0 Å². The van der Waals surface area contributed by atoms with Crippen LogP contribution in [0.25, 0.3) is 0 Å². The minimum atomic E-state index is -0.323. The SMILES string of the molecule is CNCc1cc(C)c(F)c(Cl)c1. The van der Waals surface area contributed by atoms with Crippen molar-refractivity contribution in [1.29, 1.82) is 0 Å². The third-order valence-corrected chi connectivity index (χ3v) is 1.93. The summed E-state index contributed by atoms with van der Waals surface area (Å²) in [6.07, 6.45) is 0. The first kappa shape index (κ1) is 9.49. The van der Waals surface area contributed by atoms with Gasteiger partial charge < -0.3 is 5.32 Å². The molecule has 0 amide bonds. The molecule has 1 aromatic carbocycles. The van der Waals surface area contributed by atoms with Gasteiger partial charge in [-0.1, -0.05) is 17.7 Å². The summed E-state index contributed by atoms with van der Waals surface area (Å²) in [6.45, 7) is 2.42. The molecule has 0 aliphatic carbocycles. The highest BCUT2D eigenvalue weighted by Gasteiger charge is 2.04. The van der Waals surface area contributed by atoms with Crippen LogP contribution in [0.4, 0.5) is 4.39 Å². The normalized spacial score (nSPS) is 10.3. The highest BCUT2D eigenvalue weighted by Crippen LogP contribution is 2.19. The zero-order valence-corrected chi connectivity index (χ0v) is 7.87. The van der Waals surface area contributed by atoms with E-state index in [4.69, 9.17) is 11.6 Å². The fraction of sp³-hybridized carbons (Fsp3) is 0.333. The van der Waals surface area contributed by atoms with Crippen molar-refractivity contribution in [2.75, 3.05) is 7.05 Å². The lowest BCUT2D eigenvalue weighted by atomic mass is 10.1. The number of nitrogens with one attached hydrogen (secondary N) is 1. The van der Waals surface area contributed by atoms with Crippen molar-refractivity contribution >= 4 is 11.6 Å². The molecule has 1 nitrogen and oxygen atoms in total. The van der Waals surface area contributed by atoms with Crippen LogP contribution in [-0.4, -0.2) is 7.05 Å². The van der Waals surface area contributed by atoms with Crippen molar-refractivity contribution in [3.05, 3.63) is 34.1 Å². The molecule has 12 heavy (non-hydrogen) atoms. The molecule has 0 saturated carbocycles. The molecule has 0 spiro atoms. The predicted molar refractivity (Wildman–Crippen MR) is 48.9 cm³/mol. The van der Waals surface area contributed by atoms with Crippen LogP contribution in [0.1, 0.15) is 11.1 Å². The Hall–Kier alpha value is -0.600. The molecule has 0 radical (unpaired) electrons. The van der Waals surface area contributed by atoms with E-state index in [1.165, 1.54) is 0 Å². The van der Waals surface area contributed by atoms with E-state index in [0.717, 1.165) is 5.56 Å². The van der Waals surface area contributed by atoms with Crippen LogP contribution in [0.2, 0.25) is 5.02 Å². The topological polar surface area (TPSA) is 12.0 Å². The quantitative estimate of drug-likeness (QED) is 0.750. The summed E-state index contributed by atoms with van der Waals surface area (Å²) < 4.78 is 13.0. The number of aryl methyl sites for hydroxylation is 1. The van der Waals surface area contributed by atoms with Crippen molar-refractivity contribution in [2.24, 2.45) is 0 Å². The number of hydrogen-bond donors (Lipinski definition) is 1. The minimum Gasteiger partial charge on any atom is -0.316 e. The van der Waals surface area contributed by atoms with Gasteiger partial charge in [-0.2, -0.15) is 0 Å². The number of hydrogen-bond acceptors (Lipinski definition) is 1. The molecule has 1 rings (SSSR count). The van der Waals surface area contributed by atoms with Gasteiger partial charge in [0.1, 0.15) is 5.82 Å². The molecule has 66 valence electrons. The maximum absolute atomic E-state index is 13.0. The highest BCUT2D eigenvalue weighted by molar-refractivity contribution is 6.30. The Labute approximate surface area is 76.5 Å². The Bertz CT molecular complexity index is 263. The van der Waals surface area contributed by atoms with Gasteiger partial charge in [-0.15, -0.1) is 0 Å². The maximum atomic E-state index is 13.0. The molecule has 0 aliphatic rings. The lowest BCUT2D eigenvalue weighted by Crippen LogP contribution is -2.05. The predicted octanol–water partition coefficient (Wildman–Crippen LogP) is 2.51. The Balaban J connectivity index is 3.04. The number of benzene rings is 1. The molecule has 0 unspecified atom stereocenters. The second kappa shape index (κ2) is 3.87. The molecule has 1 aromatic rings. The Morgan fingerprint density at radius 1 is 1.50 bits per heavy atom. The second-order valence-electron chi connectivity index (χ2n) is 2.74. The van der Waals surface area contributed by atoms with Crippen molar-refractivity contribution in [3.8, 4) is 0 Å². The van der Waals surface area contributed by atoms with Gasteiger partial charge in [-0.3, -0.25) is 0 Å². The van der Waals surface area contributed by atoms with Crippen LogP contribution in [0, 0.1) is 12.7 Å². The summed E-state index contributed by atoms with van der Waals surface area (Å²) in [7, 11) is 1.84. The van der Waals surface area contributed by atoms with Gasteiger partial charge in [-0.25, -0.2) is 4.39 Å². The van der Waals surface area contributed by atoms with Crippen molar-refractivity contribution in [2.45, 2.75) is 13.5 Å². The van der Waals surface area contributed by atoms with Crippen molar-refractivity contribution in [3.63, 3.8) is 0 Å². The van der Waals surface area contributed by atoms with Crippen molar-refractivity contribution in [1.82, 2.24) is 5.32 Å². The van der Waals surface area contributed by atoms with E-state index in [1.54, 1.807) is 19.1 Å². The molecule has 0 heterocycles. The molecule has 1 N–H and O–H groups in total. The average molecular weight is 188 g/mol. The summed E-state index contributed by atoms with van der Waals surface area (Å²) in [6, 6.07) is 3.43. The van der Waals surface area contributed by atoms with E-state index in [0.29, 0.717) is 12.1 Å². The molecule has 0 atom stereocenters. The fourth-order valence-corrected chi connectivity index (χ4v) is 1.39. The van der Waals surface area contributed by atoms with Gasteiger partial charge in [0.15, 0.2) is 0 Å². The molecule has 0 bridgehead atoms. The van der Waals surface area contributed by atoms with Crippen LogP contribution < -0.4 is 5.32 Å². The lowest BCUT2D eigenvalue weighted by Gasteiger charge is -2.04. The first-order valence-electron chi connectivity index (χ1n) is 3.74. The molecule has 0 aliphatic heterocycles. The third kappa shape index (κ3) is 1.96. The summed E-state index contributed by atoms with van der Waals surface area (Å²) in [4.78, 5) is 0. The second-order valence-corrected chi connectivity index (χ2v) is 3.15. The summed E-state index contributed by atoms with van der Waals surface area (Å²) >= 11 is 5.65. The summed E-state index contributed by atoms with van der Waals surface area (Å²) in [5.74, 6) is -0.323. The highest BCUT2D eigenvalue weighted by atomic mass is 35.5. The molecule has 3 heteroatoms. The van der Waals surface area contributed by atoms with Crippen LogP contribution >= 0.6 is 11.6 Å². The number of rotatable bonds is 2. The smallest absolute Gasteiger partial charge is 0.144 e. The largest absolute Gasteiger partial charge is 0.316 e. The first-order chi connectivity index (χ1) is 5.65. The Kier molecular flexibility index (Phi) is 3.06. The standard InChI is InChI=1S/C9H11ClFN/c1-6-3-7(5-12-2)4-8(10)9(6)11/h3-4,12H,5H2,1-2H3. The van der Waals surface area contributed by atoms with E-state index >= 15 is 0 Å². The Morgan fingerprint density at radius 3 is 2.67 bits per heavy atom. The summed E-state index contributed by atoms with van der Waals surface area (Å²) in [5, 5.41) is 3.17. The maximum Gasteiger partial charge on any atom is 0.144 e. The lowest BCUT2D eigenvalue weighted by molar-refractivity contribution is 0.617. The Morgan fingerprint density at radius 2 is 2.17 bits per heavy atom. The molecule has 0 fully saturated rings. The average Bonchev–Trinajstić information content (AvgIpc) is 2.01. The van der Waals surface area contributed by atoms with Crippen LogP contribution in [-0.2, 0) is 6.54 Å². The minimum absolute atomic E-state index is 0.195. The van der Waals surface area contributed by atoms with Crippen LogP contribution in [0.5, 0.6) is 0 Å². The van der Waals surface area contributed by atoms with E-state index < -0.39 is 0 Å². The first-order valence-corrected chi connectivity index (χ1v) is 4.12. The van der Waals surface area contributed by atoms with E-state index in [2.05, 4.69) is 5.32 Å². The fourth-order valence-electron chi connectivity index (χ4n) is 1.10. The number of halogens is 2. The zero-order valence-electron chi connectivity index (χ0n) is 7.12. The van der Waals surface area contributed by atoms with E-state index in [9.17, 15) is 4.39 Å². The van der Waals surface area contributed by atoms with Gasteiger partial charge in [0.05, 0.1) is 5.02 Å². The van der Waals surface area contributed by atoms with Gasteiger partial charge in [0.2, 0.25) is 0 Å². The molecule has 0 saturated heterocycles. The third-order valence-electron chi connectivity index (χ3n) is 1.65. The molecule has 0 aromatic heterocycles. The summed E-state index contributed by atoms with van der Waals surface area (Å²) in [5.41, 5.74) is 1.59. The van der Waals surface area contributed by atoms with E-state index in [1.807, 2.05) is 7.05 Å². The van der Waals surface area contributed by atoms with Crippen molar-refractivity contribution < 1.29 is 4.39 Å². The van der Waals surface area contributed by atoms with Crippen LogP contribution in [0.15, 0.2) is 12.1 Å². The molecular weight excluding hydrogens is 177 g/mol. The zero-order chi connectivity index (χ0) is 9.14. The van der Waals surface area contributed by atoms with Gasteiger partial charge >= 0.3 is 0 Å². The van der Waals surface area contributed by atoms with Gasteiger partial charge in [0, 0.05) is 6.54 Å². The monoisotopic (exact) mass is 187 g/mol.